The molecular weight excluding hydrogens is 242 g/mol. The van der Waals surface area contributed by atoms with E-state index in [1.165, 1.54) is 0 Å². The number of carbonyl (C=O) groups is 1. The third-order valence-electron chi connectivity index (χ3n) is 1.86. The number of ether oxygens (including phenoxy) is 1. The van der Waals surface area contributed by atoms with Gasteiger partial charge in [0, 0.05) is 12.1 Å². The molecular formula is C9H9ClF2N2O2. The summed E-state index contributed by atoms with van der Waals surface area (Å²) >= 11 is 5.62. The van der Waals surface area contributed by atoms with E-state index in [-0.39, 0.29) is 17.9 Å². The van der Waals surface area contributed by atoms with Crippen molar-refractivity contribution in [3.63, 3.8) is 0 Å². The molecule has 1 rings (SSSR count). The van der Waals surface area contributed by atoms with Crippen molar-refractivity contribution < 1.29 is 18.3 Å². The maximum Gasteiger partial charge on any atom is 0.358 e. The molecule has 0 saturated carbocycles. The summed E-state index contributed by atoms with van der Waals surface area (Å²) in [7, 11) is 1.11. The molecule has 4 nitrogen and oxygen atoms in total. The quantitative estimate of drug-likeness (QED) is 0.833. The minimum atomic E-state index is -2.80. The van der Waals surface area contributed by atoms with Gasteiger partial charge in [-0.3, -0.25) is 0 Å². The van der Waals surface area contributed by atoms with Crippen LogP contribution in [0.1, 0.15) is 28.2 Å². The molecule has 2 N–H and O–H groups in total. The van der Waals surface area contributed by atoms with Crippen LogP contribution in [0.4, 0.5) is 8.78 Å². The number of alkyl halides is 2. The van der Waals surface area contributed by atoms with Crippen LogP contribution in [0, 0.1) is 0 Å². The highest BCUT2D eigenvalue weighted by Gasteiger charge is 2.22. The van der Waals surface area contributed by atoms with Crippen molar-refractivity contribution >= 4 is 17.6 Å². The molecule has 0 bridgehead atoms. The lowest BCUT2D eigenvalue weighted by molar-refractivity contribution is 0.0593. The second-order valence-electron chi connectivity index (χ2n) is 2.86. The molecule has 88 valence electrons. The van der Waals surface area contributed by atoms with Crippen molar-refractivity contribution in [1.29, 1.82) is 0 Å². The Kier molecular flexibility index (Phi) is 4.14. The molecule has 7 heteroatoms. The van der Waals surface area contributed by atoms with Crippen molar-refractivity contribution in [3.8, 4) is 0 Å². The molecule has 16 heavy (non-hydrogen) atoms. The van der Waals surface area contributed by atoms with Gasteiger partial charge in [0.15, 0.2) is 5.69 Å². The molecule has 0 radical (unpaired) electrons. The third-order valence-corrected chi connectivity index (χ3v) is 2.26. The number of rotatable bonds is 3. The lowest BCUT2D eigenvalue weighted by Gasteiger charge is -2.09. The van der Waals surface area contributed by atoms with Gasteiger partial charge in [-0.1, -0.05) is 11.6 Å². The van der Waals surface area contributed by atoms with E-state index in [9.17, 15) is 13.6 Å². The summed E-state index contributed by atoms with van der Waals surface area (Å²) < 4.78 is 29.6. The van der Waals surface area contributed by atoms with E-state index in [0.29, 0.717) is 0 Å². The number of hydrogen-bond acceptors (Lipinski definition) is 4. The van der Waals surface area contributed by atoms with Crippen LogP contribution >= 0.6 is 11.6 Å². The van der Waals surface area contributed by atoms with Crippen LogP contribution in [0.25, 0.3) is 0 Å². The number of methoxy groups -OCH3 is 1. The Morgan fingerprint density at radius 3 is 2.75 bits per heavy atom. The molecule has 1 heterocycles. The van der Waals surface area contributed by atoms with Gasteiger partial charge in [0.25, 0.3) is 6.43 Å². The average Bonchev–Trinajstić information content (AvgIpc) is 2.28. The highest BCUT2D eigenvalue weighted by Crippen LogP contribution is 2.29. The number of aromatic nitrogens is 1. The zero-order valence-corrected chi connectivity index (χ0v) is 9.09. The van der Waals surface area contributed by atoms with E-state index in [4.69, 9.17) is 17.3 Å². The largest absolute Gasteiger partial charge is 0.464 e. The van der Waals surface area contributed by atoms with E-state index in [1.54, 1.807) is 0 Å². The van der Waals surface area contributed by atoms with Gasteiger partial charge in [-0.25, -0.2) is 18.6 Å². The monoisotopic (exact) mass is 250 g/mol. The van der Waals surface area contributed by atoms with Crippen molar-refractivity contribution in [1.82, 2.24) is 4.98 Å². The van der Waals surface area contributed by atoms with Crippen LogP contribution in [-0.4, -0.2) is 18.1 Å². The molecule has 0 amide bonds. The number of esters is 1. The molecule has 0 aliphatic carbocycles. The van der Waals surface area contributed by atoms with E-state index < -0.39 is 23.0 Å². The molecule has 1 aromatic heterocycles. The van der Waals surface area contributed by atoms with Crippen LogP contribution in [0.5, 0.6) is 0 Å². The molecule has 0 aliphatic rings. The Labute approximate surface area is 95.4 Å². The van der Waals surface area contributed by atoms with E-state index in [0.717, 1.165) is 13.2 Å². The van der Waals surface area contributed by atoms with Crippen LogP contribution in [0.3, 0.4) is 0 Å². The summed E-state index contributed by atoms with van der Waals surface area (Å²) in [5.74, 6) is -0.873. The summed E-state index contributed by atoms with van der Waals surface area (Å²) in [4.78, 5) is 15.0. The highest BCUT2D eigenvalue weighted by atomic mass is 35.5. The van der Waals surface area contributed by atoms with Crippen LogP contribution < -0.4 is 5.73 Å². The molecule has 0 unspecified atom stereocenters. The fourth-order valence-corrected chi connectivity index (χ4v) is 1.36. The number of nitrogens with zero attached hydrogens (tertiary/aromatic N) is 1. The van der Waals surface area contributed by atoms with E-state index in [1.807, 2.05) is 0 Å². The van der Waals surface area contributed by atoms with Gasteiger partial charge in [-0.05, 0) is 6.07 Å². The SMILES string of the molecule is COC(=O)c1nc(CN)cc(C(F)F)c1Cl. The van der Waals surface area contributed by atoms with E-state index in [2.05, 4.69) is 9.72 Å². The summed E-state index contributed by atoms with van der Waals surface area (Å²) in [5, 5.41) is -0.404. The second-order valence-corrected chi connectivity index (χ2v) is 3.24. The minimum Gasteiger partial charge on any atom is -0.464 e. The highest BCUT2D eigenvalue weighted by molar-refractivity contribution is 6.34. The zero-order chi connectivity index (χ0) is 12.3. The predicted octanol–water partition coefficient (Wildman–Crippen LogP) is 1.92. The predicted molar refractivity (Wildman–Crippen MR) is 53.4 cm³/mol. The topological polar surface area (TPSA) is 65.2 Å². The third kappa shape index (κ3) is 2.45. The molecule has 0 atom stereocenters. The molecule has 0 saturated heterocycles. The lowest BCUT2D eigenvalue weighted by Crippen LogP contribution is -2.11. The molecule has 0 fully saturated rings. The Hall–Kier alpha value is -1.27. The fourth-order valence-electron chi connectivity index (χ4n) is 1.10. The number of carbonyl (C=O) groups excluding carboxylic acids is 1. The molecule has 0 spiro atoms. The lowest BCUT2D eigenvalue weighted by atomic mass is 10.2. The first-order valence-electron chi connectivity index (χ1n) is 4.27. The Morgan fingerprint density at radius 2 is 2.31 bits per heavy atom. The van der Waals surface area contributed by atoms with Gasteiger partial charge in [-0.15, -0.1) is 0 Å². The van der Waals surface area contributed by atoms with Crippen molar-refractivity contribution in [2.24, 2.45) is 5.73 Å². The Balaban J connectivity index is 3.37. The van der Waals surface area contributed by atoms with E-state index >= 15 is 0 Å². The van der Waals surface area contributed by atoms with Gasteiger partial charge in [0.1, 0.15) is 0 Å². The summed E-state index contributed by atoms with van der Waals surface area (Å²) in [6, 6.07) is 1.07. The van der Waals surface area contributed by atoms with Crippen LogP contribution in [0.15, 0.2) is 6.07 Å². The Bertz CT molecular complexity index is 413. The standard InChI is InChI=1S/C9H9ClF2N2O2/c1-16-9(15)7-6(10)5(8(11)12)2-4(3-13)14-7/h2,8H,3,13H2,1H3. The van der Waals surface area contributed by atoms with Crippen molar-refractivity contribution in [2.75, 3.05) is 7.11 Å². The summed E-state index contributed by atoms with van der Waals surface area (Å²) in [5.41, 5.74) is 4.61. The number of nitrogens with two attached hydrogens (primary N) is 1. The first-order valence-corrected chi connectivity index (χ1v) is 4.64. The first-order chi connectivity index (χ1) is 7.51. The van der Waals surface area contributed by atoms with Gasteiger partial charge in [0.05, 0.1) is 17.8 Å². The maximum absolute atomic E-state index is 12.6. The smallest absolute Gasteiger partial charge is 0.358 e. The minimum absolute atomic E-state index is 0.0686. The van der Waals surface area contributed by atoms with Gasteiger partial charge in [0.2, 0.25) is 0 Å². The normalized spacial score (nSPS) is 10.6. The summed E-state index contributed by atoms with van der Waals surface area (Å²) in [6.45, 7) is -0.0686. The van der Waals surface area contributed by atoms with Crippen molar-refractivity contribution in [3.05, 3.63) is 28.0 Å². The molecule has 0 aliphatic heterocycles. The Morgan fingerprint density at radius 1 is 1.69 bits per heavy atom. The molecule has 1 aromatic rings. The zero-order valence-electron chi connectivity index (χ0n) is 8.34. The molecule has 0 aromatic carbocycles. The fraction of sp³-hybridized carbons (Fsp3) is 0.333. The number of hydrogen-bond donors (Lipinski definition) is 1. The van der Waals surface area contributed by atoms with Gasteiger partial charge in [-0.2, -0.15) is 0 Å². The maximum atomic E-state index is 12.6. The average molecular weight is 251 g/mol. The summed E-state index contributed by atoms with van der Waals surface area (Å²) in [6.07, 6.45) is -2.80. The van der Waals surface area contributed by atoms with Crippen LogP contribution in [-0.2, 0) is 11.3 Å². The number of pyridine rings is 1. The second kappa shape index (κ2) is 5.18. The first kappa shape index (κ1) is 12.8. The van der Waals surface area contributed by atoms with Gasteiger partial charge >= 0.3 is 5.97 Å². The number of halogens is 3. The van der Waals surface area contributed by atoms with Crippen LogP contribution in [0.2, 0.25) is 5.02 Å². The van der Waals surface area contributed by atoms with Crippen molar-refractivity contribution in [2.45, 2.75) is 13.0 Å². The van der Waals surface area contributed by atoms with Gasteiger partial charge < -0.3 is 10.5 Å².